The first-order valence-corrected chi connectivity index (χ1v) is 9.53. The standard InChI is InChI=1S/C12H11NO7S2/c1-21(16,17)10-4-3-7(5-11(10)22(2,18)19)9-6-8(12(14)15)13-20-9/h3-6H,1-2H3,(H,14,15). The zero-order valence-corrected chi connectivity index (χ0v) is 13.1. The molecule has 0 atom stereocenters. The summed E-state index contributed by atoms with van der Waals surface area (Å²) in [5, 5.41) is 12.1. The molecule has 2 aromatic rings. The van der Waals surface area contributed by atoms with Crippen LogP contribution in [0.1, 0.15) is 10.5 Å². The van der Waals surface area contributed by atoms with Crippen molar-refractivity contribution in [3.63, 3.8) is 0 Å². The average molecular weight is 345 g/mol. The summed E-state index contributed by atoms with van der Waals surface area (Å²) in [4.78, 5) is 10.0. The number of hydrogen-bond acceptors (Lipinski definition) is 7. The number of benzene rings is 1. The summed E-state index contributed by atoms with van der Waals surface area (Å²) in [6, 6.07) is 4.67. The van der Waals surface area contributed by atoms with Crippen LogP contribution in [0, 0.1) is 0 Å². The number of carboxylic acid groups (broad SMARTS) is 1. The molecule has 1 aromatic heterocycles. The van der Waals surface area contributed by atoms with E-state index in [1.807, 2.05) is 0 Å². The van der Waals surface area contributed by atoms with E-state index in [-0.39, 0.29) is 26.8 Å². The summed E-state index contributed by atoms with van der Waals surface area (Å²) in [6.45, 7) is 0. The molecule has 8 nitrogen and oxygen atoms in total. The lowest BCUT2D eigenvalue weighted by Gasteiger charge is -2.07. The van der Waals surface area contributed by atoms with Crippen LogP contribution in [-0.4, -0.2) is 45.6 Å². The molecule has 0 aliphatic heterocycles. The summed E-state index contributed by atoms with van der Waals surface area (Å²) >= 11 is 0. The number of rotatable bonds is 4. The maximum absolute atomic E-state index is 11.8. The summed E-state index contributed by atoms with van der Waals surface area (Å²) in [7, 11) is -7.56. The third-order valence-electron chi connectivity index (χ3n) is 2.76. The Labute approximate surface area is 126 Å². The molecule has 0 radical (unpaired) electrons. The molecule has 0 aliphatic rings. The molecule has 0 unspecified atom stereocenters. The maximum Gasteiger partial charge on any atom is 0.358 e. The molecular weight excluding hydrogens is 334 g/mol. The number of aromatic nitrogens is 1. The number of carbonyl (C=O) groups is 1. The second-order valence-electron chi connectivity index (χ2n) is 4.59. The fourth-order valence-corrected chi connectivity index (χ4v) is 4.19. The molecule has 0 amide bonds. The normalized spacial score (nSPS) is 12.3. The van der Waals surface area contributed by atoms with E-state index < -0.39 is 25.6 Å². The van der Waals surface area contributed by atoms with Crippen molar-refractivity contribution in [3.8, 4) is 11.3 Å². The minimum Gasteiger partial charge on any atom is -0.476 e. The number of carboxylic acids is 1. The van der Waals surface area contributed by atoms with Gasteiger partial charge in [0.15, 0.2) is 31.1 Å². The summed E-state index contributed by atoms with van der Waals surface area (Å²) in [5.41, 5.74) is -0.143. The van der Waals surface area contributed by atoms with Crippen LogP contribution in [0.25, 0.3) is 11.3 Å². The first kappa shape index (κ1) is 16.2. The molecular formula is C12H11NO7S2. The van der Waals surface area contributed by atoms with E-state index in [2.05, 4.69) is 5.16 Å². The van der Waals surface area contributed by atoms with Crippen LogP contribution in [0.2, 0.25) is 0 Å². The predicted molar refractivity (Wildman–Crippen MR) is 75.1 cm³/mol. The molecule has 1 aromatic carbocycles. The Morgan fingerprint density at radius 2 is 1.64 bits per heavy atom. The Bertz CT molecular complexity index is 955. The lowest BCUT2D eigenvalue weighted by Crippen LogP contribution is -2.07. The Morgan fingerprint density at radius 3 is 2.09 bits per heavy atom. The Balaban J connectivity index is 2.68. The van der Waals surface area contributed by atoms with Crippen LogP contribution < -0.4 is 0 Å². The van der Waals surface area contributed by atoms with Crippen molar-refractivity contribution in [2.24, 2.45) is 0 Å². The molecule has 0 saturated heterocycles. The lowest BCUT2D eigenvalue weighted by molar-refractivity contribution is 0.0685. The Kier molecular flexibility index (Phi) is 3.83. The number of aromatic carboxylic acids is 1. The fraction of sp³-hybridized carbons (Fsp3) is 0.167. The van der Waals surface area contributed by atoms with Crippen LogP contribution >= 0.6 is 0 Å². The van der Waals surface area contributed by atoms with Crippen molar-refractivity contribution < 1.29 is 31.3 Å². The molecule has 22 heavy (non-hydrogen) atoms. The van der Waals surface area contributed by atoms with Gasteiger partial charge < -0.3 is 9.63 Å². The van der Waals surface area contributed by atoms with Gasteiger partial charge in [-0.1, -0.05) is 5.16 Å². The van der Waals surface area contributed by atoms with Gasteiger partial charge in [0.1, 0.15) is 0 Å². The molecule has 0 aliphatic carbocycles. The molecule has 10 heteroatoms. The third-order valence-corrected chi connectivity index (χ3v) is 5.18. The summed E-state index contributed by atoms with van der Waals surface area (Å²) in [5.74, 6) is -1.28. The van der Waals surface area contributed by atoms with Crippen LogP contribution in [0.15, 0.2) is 38.6 Å². The van der Waals surface area contributed by atoms with Gasteiger partial charge in [0, 0.05) is 24.1 Å². The second-order valence-corrected chi connectivity index (χ2v) is 8.56. The molecule has 0 spiro atoms. The van der Waals surface area contributed by atoms with Crippen molar-refractivity contribution in [1.29, 1.82) is 0 Å². The van der Waals surface area contributed by atoms with E-state index in [0.717, 1.165) is 30.7 Å². The third kappa shape index (κ3) is 3.17. The lowest BCUT2D eigenvalue weighted by atomic mass is 10.1. The zero-order valence-electron chi connectivity index (χ0n) is 11.5. The smallest absolute Gasteiger partial charge is 0.358 e. The first-order valence-electron chi connectivity index (χ1n) is 5.74. The van der Waals surface area contributed by atoms with Crippen LogP contribution in [0.5, 0.6) is 0 Å². The highest BCUT2D eigenvalue weighted by atomic mass is 32.2. The van der Waals surface area contributed by atoms with Crippen LogP contribution in [-0.2, 0) is 19.7 Å². The van der Waals surface area contributed by atoms with Gasteiger partial charge >= 0.3 is 5.97 Å². The molecule has 0 saturated carbocycles. The zero-order chi connectivity index (χ0) is 16.7. The molecule has 1 N–H and O–H groups in total. The number of sulfone groups is 2. The van der Waals surface area contributed by atoms with E-state index in [1.165, 1.54) is 6.07 Å². The van der Waals surface area contributed by atoms with E-state index in [4.69, 9.17) is 9.63 Å². The first-order chi connectivity index (χ1) is 10.00. The Morgan fingerprint density at radius 1 is 1.05 bits per heavy atom. The number of hydrogen-bond donors (Lipinski definition) is 1. The fourth-order valence-electron chi connectivity index (χ4n) is 1.77. The van der Waals surface area contributed by atoms with Crippen molar-refractivity contribution in [1.82, 2.24) is 5.16 Å². The largest absolute Gasteiger partial charge is 0.476 e. The van der Waals surface area contributed by atoms with Crippen molar-refractivity contribution in [3.05, 3.63) is 30.0 Å². The molecule has 0 fully saturated rings. The van der Waals surface area contributed by atoms with E-state index in [1.54, 1.807) is 0 Å². The van der Waals surface area contributed by atoms with Crippen LogP contribution in [0.3, 0.4) is 0 Å². The van der Waals surface area contributed by atoms with Gasteiger partial charge in [-0.25, -0.2) is 21.6 Å². The summed E-state index contributed by atoms with van der Waals surface area (Å²) in [6.07, 6.45) is 1.78. The monoisotopic (exact) mass is 345 g/mol. The molecule has 118 valence electrons. The van der Waals surface area contributed by atoms with Gasteiger partial charge in [-0.05, 0) is 18.2 Å². The van der Waals surface area contributed by atoms with E-state index in [9.17, 15) is 21.6 Å². The van der Waals surface area contributed by atoms with E-state index >= 15 is 0 Å². The van der Waals surface area contributed by atoms with Gasteiger partial charge in [0.2, 0.25) is 0 Å². The topological polar surface area (TPSA) is 132 Å². The minimum absolute atomic E-state index is 0.0161. The van der Waals surface area contributed by atoms with Crippen molar-refractivity contribution >= 4 is 25.6 Å². The van der Waals surface area contributed by atoms with Gasteiger partial charge in [0.25, 0.3) is 0 Å². The van der Waals surface area contributed by atoms with Gasteiger partial charge in [-0.2, -0.15) is 0 Å². The van der Waals surface area contributed by atoms with E-state index in [0.29, 0.717) is 0 Å². The molecule has 2 rings (SSSR count). The van der Waals surface area contributed by atoms with Gasteiger partial charge in [-0.15, -0.1) is 0 Å². The number of nitrogens with zero attached hydrogens (tertiary/aromatic N) is 1. The highest BCUT2D eigenvalue weighted by Crippen LogP contribution is 2.28. The van der Waals surface area contributed by atoms with Crippen molar-refractivity contribution in [2.75, 3.05) is 12.5 Å². The van der Waals surface area contributed by atoms with Crippen LogP contribution in [0.4, 0.5) is 0 Å². The second kappa shape index (κ2) is 5.21. The summed E-state index contributed by atoms with van der Waals surface area (Å²) < 4.78 is 51.7. The minimum atomic E-state index is -3.81. The highest BCUT2D eigenvalue weighted by molar-refractivity contribution is 7.93. The maximum atomic E-state index is 11.8. The SMILES string of the molecule is CS(=O)(=O)c1ccc(-c2cc(C(=O)O)no2)cc1S(C)(=O)=O. The van der Waals surface area contributed by atoms with Crippen molar-refractivity contribution in [2.45, 2.75) is 9.79 Å². The molecule has 1 heterocycles. The van der Waals surface area contributed by atoms with Gasteiger partial charge in [-0.3, -0.25) is 0 Å². The van der Waals surface area contributed by atoms with Gasteiger partial charge in [0.05, 0.1) is 9.79 Å². The quantitative estimate of drug-likeness (QED) is 0.862. The highest BCUT2D eigenvalue weighted by Gasteiger charge is 2.22. The molecule has 0 bridgehead atoms. The Hall–Kier alpha value is -2.20. The predicted octanol–water partition coefficient (Wildman–Crippen LogP) is 0.847. The average Bonchev–Trinajstić information content (AvgIpc) is 2.85.